The number of nitrogens with zero attached hydrogens (tertiary/aromatic N) is 2. The second kappa shape index (κ2) is 7.35. The fraction of sp³-hybridized carbons (Fsp3) is 0.235. The molecule has 7 heteroatoms. The molecule has 0 spiro atoms. The Morgan fingerprint density at radius 3 is 2.29 bits per heavy atom. The average molecular weight is 348 g/mol. The van der Waals surface area contributed by atoms with Crippen molar-refractivity contribution in [3.05, 3.63) is 53.6 Å². The van der Waals surface area contributed by atoms with Gasteiger partial charge >= 0.3 is 0 Å². The Kier molecular flexibility index (Phi) is 5.46. The van der Waals surface area contributed by atoms with E-state index in [-0.39, 0.29) is 4.90 Å². The molecule has 0 aliphatic rings. The minimum atomic E-state index is -3.70. The molecule has 0 heterocycles. The van der Waals surface area contributed by atoms with E-state index in [4.69, 9.17) is 9.47 Å². The topological polar surface area (TPSA) is 68.2 Å². The number of sulfonamides is 1. The van der Waals surface area contributed by atoms with Crippen LogP contribution in [0.15, 0.2) is 52.5 Å². The Morgan fingerprint density at radius 1 is 1.04 bits per heavy atom. The molecule has 24 heavy (non-hydrogen) atoms. The van der Waals surface area contributed by atoms with Crippen molar-refractivity contribution in [2.45, 2.75) is 11.8 Å². The highest BCUT2D eigenvalue weighted by Gasteiger charge is 2.18. The highest BCUT2D eigenvalue weighted by atomic mass is 32.2. The van der Waals surface area contributed by atoms with Crippen LogP contribution in [0.2, 0.25) is 0 Å². The monoisotopic (exact) mass is 348 g/mol. The SMILES string of the molecule is COc1ccc(OC)c(/C=N/N(C)S(=O)(=O)c2ccc(C)cc2)c1. The Bertz CT molecular complexity index is 830. The molecule has 0 radical (unpaired) electrons. The van der Waals surface area contributed by atoms with Gasteiger partial charge in [-0.2, -0.15) is 17.9 Å². The van der Waals surface area contributed by atoms with Crippen molar-refractivity contribution in [3.8, 4) is 11.5 Å². The van der Waals surface area contributed by atoms with Crippen LogP contribution in [0.4, 0.5) is 0 Å². The zero-order chi connectivity index (χ0) is 17.7. The lowest BCUT2D eigenvalue weighted by Crippen LogP contribution is -2.21. The van der Waals surface area contributed by atoms with Crippen LogP contribution in [0.1, 0.15) is 11.1 Å². The summed E-state index contributed by atoms with van der Waals surface area (Å²) in [6.45, 7) is 1.90. The summed E-state index contributed by atoms with van der Waals surface area (Å²) in [6.07, 6.45) is 1.42. The Balaban J connectivity index is 2.29. The molecule has 128 valence electrons. The van der Waals surface area contributed by atoms with Crippen LogP contribution in [0.3, 0.4) is 0 Å². The lowest BCUT2D eigenvalue weighted by molar-refractivity contribution is 0.402. The van der Waals surface area contributed by atoms with E-state index in [9.17, 15) is 8.42 Å². The lowest BCUT2D eigenvalue weighted by atomic mass is 10.2. The van der Waals surface area contributed by atoms with Gasteiger partial charge in [-0.15, -0.1) is 0 Å². The maximum atomic E-state index is 12.5. The molecule has 0 bridgehead atoms. The first kappa shape index (κ1) is 17.8. The molecular formula is C17H20N2O4S. The molecule has 0 aliphatic carbocycles. The Labute approximate surface area is 142 Å². The standard InChI is InChI=1S/C17H20N2O4S/c1-13-5-8-16(9-6-13)24(20,21)19(2)18-12-14-11-15(22-3)7-10-17(14)23-4/h5-12H,1-4H3/b18-12+. The van der Waals surface area contributed by atoms with E-state index in [1.165, 1.54) is 20.4 Å². The largest absolute Gasteiger partial charge is 0.497 e. The van der Waals surface area contributed by atoms with E-state index < -0.39 is 10.0 Å². The summed E-state index contributed by atoms with van der Waals surface area (Å²) in [7, 11) is 0.775. The van der Waals surface area contributed by atoms with Gasteiger partial charge in [-0.1, -0.05) is 17.7 Å². The molecule has 0 amide bonds. The number of hydrogen-bond donors (Lipinski definition) is 0. The summed E-state index contributed by atoms with van der Waals surface area (Å²) in [5.74, 6) is 1.20. The second-order valence-electron chi connectivity index (χ2n) is 5.10. The maximum absolute atomic E-state index is 12.5. The van der Waals surface area contributed by atoms with Crippen molar-refractivity contribution >= 4 is 16.2 Å². The number of ether oxygens (including phenoxy) is 2. The van der Waals surface area contributed by atoms with Gasteiger partial charge in [0.15, 0.2) is 0 Å². The summed E-state index contributed by atoms with van der Waals surface area (Å²) in [4.78, 5) is 0.186. The van der Waals surface area contributed by atoms with Crippen molar-refractivity contribution in [1.82, 2.24) is 4.41 Å². The minimum absolute atomic E-state index is 0.186. The quantitative estimate of drug-likeness (QED) is 0.594. The van der Waals surface area contributed by atoms with Crippen molar-refractivity contribution < 1.29 is 17.9 Å². The summed E-state index contributed by atoms with van der Waals surface area (Å²) >= 11 is 0. The molecule has 2 aromatic rings. The minimum Gasteiger partial charge on any atom is -0.497 e. The van der Waals surface area contributed by atoms with Crippen LogP contribution >= 0.6 is 0 Å². The van der Waals surface area contributed by atoms with Gasteiger partial charge in [0.2, 0.25) is 0 Å². The smallest absolute Gasteiger partial charge is 0.278 e. The van der Waals surface area contributed by atoms with Gasteiger partial charge in [-0.25, -0.2) is 0 Å². The molecule has 0 N–H and O–H groups in total. The first-order valence-corrected chi connectivity index (χ1v) is 8.64. The first-order chi connectivity index (χ1) is 11.4. The molecule has 2 rings (SSSR count). The van der Waals surface area contributed by atoms with Crippen LogP contribution in [-0.4, -0.2) is 40.3 Å². The van der Waals surface area contributed by atoms with Gasteiger partial charge in [-0.05, 0) is 37.3 Å². The van der Waals surface area contributed by atoms with Gasteiger partial charge in [0.1, 0.15) is 11.5 Å². The van der Waals surface area contributed by atoms with Crippen molar-refractivity contribution in [3.63, 3.8) is 0 Å². The molecule has 0 aliphatic heterocycles. The average Bonchev–Trinajstić information content (AvgIpc) is 2.59. The highest BCUT2D eigenvalue weighted by molar-refractivity contribution is 7.89. The molecule has 0 saturated heterocycles. The number of aryl methyl sites for hydroxylation is 1. The maximum Gasteiger partial charge on any atom is 0.278 e. The molecular weight excluding hydrogens is 328 g/mol. The Hall–Kier alpha value is -2.54. The van der Waals surface area contributed by atoms with Gasteiger partial charge < -0.3 is 9.47 Å². The number of benzene rings is 2. The number of rotatable bonds is 6. The number of methoxy groups -OCH3 is 2. The molecule has 2 aromatic carbocycles. The zero-order valence-electron chi connectivity index (χ0n) is 14.1. The van der Waals surface area contributed by atoms with E-state index in [2.05, 4.69) is 5.10 Å². The van der Waals surface area contributed by atoms with E-state index in [1.807, 2.05) is 6.92 Å². The fourth-order valence-electron chi connectivity index (χ4n) is 2.01. The molecule has 0 unspecified atom stereocenters. The van der Waals surface area contributed by atoms with Crippen LogP contribution in [-0.2, 0) is 10.0 Å². The molecule has 0 saturated carbocycles. The fourth-order valence-corrected chi connectivity index (χ4v) is 2.97. The van der Waals surface area contributed by atoms with Crippen molar-refractivity contribution in [2.24, 2.45) is 5.10 Å². The van der Waals surface area contributed by atoms with Crippen molar-refractivity contribution in [1.29, 1.82) is 0 Å². The predicted molar refractivity (Wildman–Crippen MR) is 93.3 cm³/mol. The van der Waals surface area contributed by atoms with Gasteiger partial charge in [0, 0.05) is 12.6 Å². The third-order valence-electron chi connectivity index (χ3n) is 3.46. The van der Waals surface area contributed by atoms with E-state index >= 15 is 0 Å². The molecule has 0 aromatic heterocycles. The van der Waals surface area contributed by atoms with Crippen LogP contribution in [0, 0.1) is 6.92 Å². The van der Waals surface area contributed by atoms with Gasteiger partial charge in [-0.3, -0.25) is 0 Å². The highest BCUT2D eigenvalue weighted by Crippen LogP contribution is 2.23. The summed E-state index contributed by atoms with van der Waals surface area (Å²) in [5.41, 5.74) is 1.60. The van der Waals surface area contributed by atoms with E-state index in [0.29, 0.717) is 17.1 Å². The van der Waals surface area contributed by atoms with Crippen LogP contribution in [0.25, 0.3) is 0 Å². The van der Waals surface area contributed by atoms with Crippen LogP contribution in [0.5, 0.6) is 11.5 Å². The third-order valence-corrected chi connectivity index (χ3v) is 5.12. The van der Waals surface area contributed by atoms with Gasteiger partial charge in [0.05, 0.1) is 25.3 Å². The molecule has 6 nitrogen and oxygen atoms in total. The van der Waals surface area contributed by atoms with Gasteiger partial charge in [0.25, 0.3) is 10.0 Å². The number of hydrazone groups is 1. The zero-order valence-corrected chi connectivity index (χ0v) is 14.9. The summed E-state index contributed by atoms with van der Waals surface area (Å²) < 4.78 is 36.3. The predicted octanol–water partition coefficient (Wildman–Crippen LogP) is 2.67. The van der Waals surface area contributed by atoms with E-state index in [0.717, 1.165) is 9.98 Å². The number of hydrogen-bond acceptors (Lipinski definition) is 5. The Morgan fingerprint density at radius 2 is 1.71 bits per heavy atom. The summed E-state index contributed by atoms with van der Waals surface area (Å²) in [5, 5.41) is 4.03. The summed E-state index contributed by atoms with van der Waals surface area (Å²) in [6, 6.07) is 11.8. The van der Waals surface area contributed by atoms with Crippen LogP contribution < -0.4 is 9.47 Å². The second-order valence-corrected chi connectivity index (χ2v) is 7.05. The normalized spacial score (nSPS) is 11.5. The molecule has 0 fully saturated rings. The molecule has 0 atom stereocenters. The first-order valence-electron chi connectivity index (χ1n) is 7.20. The van der Waals surface area contributed by atoms with Crippen molar-refractivity contribution in [2.75, 3.05) is 21.3 Å². The lowest BCUT2D eigenvalue weighted by Gasteiger charge is -2.14. The van der Waals surface area contributed by atoms with E-state index in [1.54, 1.807) is 49.6 Å². The third kappa shape index (κ3) is 3.86.